The van der Waals surface area contributed by atoms with E-state index >= 15 is 0 Å². The summed E-state index contributed by atoms with van der Waals surface area (Å²) in [5.41, 5.74) is 2.17. The van der Waals surface area contributed by atoms with Crippen LogP contribution in [0.15, 0.2) is 0 Å². The van der Waals surface area contributed by atoms with E-state index in [-0.39, 0.29) is 0 Å². The smallest absolute Gasteiger partial charge is 0.101 e. The number of nitrogens with zero attached hydrogens (tertiary/aromatic N) is 3. The molecule has 4 heteroatoms. The Morgan fingerprint density at radius 3 is 3.33 bits per heavy atom. The molecule has 0 aromatic carbocycles. The first-order valence-corrected chi connectivity index (χ1v) is 2.99. The molecule has 1 aliphatic rings. The Morgan fingerprint density at radius 2 is 2.44 bits per heavy atom. The van der Waals surface area contributed by atoms with Gasteiger partial charge in [-0.1, -0.05) is 5.21 Å². The van der Waals surface area contributed by atoms with Crippen molar-refractivity contribution >= 4 is 0 Å². The van der Waals surface area contributed by atoms with Crippen LogP contribution in [0.4, 0.5) is 0 Å². The molecule has 1 aromatic heterocycles. The molecule has 0 saturated heterocycles. The summed E-state index contributed by atoms with van der Waals surface area (Å²) in [5, 5.41) is 14.5. The van der Waals surface area contributed by atoms with Crippen molar-refractivity contribution < 1.29 is 0 Å². The van der Waals surface area contributed by atoms with Crippen LogP contribution in [0, 0.1) is 0 Å². The summed E-state index contributed by atoms with van der Waals surface area (Å²) in [7, 11) is 0. The predicted molar refractivity (Wildman–Crippen MR) is 30.8 cm³/mol. The molecule has 47 valence electrons. The quantitative estimate of drug-likeness (QED) is 0.504. The molecular formula is C5H7N4. The molecule has 9 heavy (non-hydrogen) atoms. The zero-order valence-electron chi connectivity index (χ0n) is 4.96. The van der Waals surface area contributed by atoms with E-state index in [1.54, 1.807) is 0 Å². The van der Waals surface area contributed by atoms with Crippen LogP contribution < -0.4 is 5.32 Å². The topological polar surface area (TPSA) is 55.7 Å². The van der Waals surface area contributed by atoms with Crippen molar-refractivity contribution in [2.45, 2.75) is 13.0 Å². The van der Waals surface area contributed by atoms with E-state index in [1.165, 1.54) is 0 Å². The summed E-state index contributed by atoms with van der Waals surface area (Å²) in [5.74, 6) is 0. The minimum Gasteiger partial charge on any atom is -0.262 e. The lowest BCUT2D eigenvalue weighted by Crippen LogP contribution is -2.17. The lowest BCUT2D eigenvalue weighted by atomic mass is 10.2. The van der Waals surface area contributed by atoms with Crippen molar-refractivity contribution in [3.05, 3.63) is 11.4 Å². The Kier molecular flexibility index (Phi) is 0.989. The molecule has 1 radical (unpaired) electrons. The summed E-state index contributed by atoms with van der Waals surface area (Å²) in [6.45, 7) is 1.66. The third-order valence-electron chi connectivity index (χ3n) is 1.49. The minimum atomic E-state index is 0.742. The summed E-state index contributed by atoms with van der Waals surface area (Å²) in [4.78, 5) is 0. The van der Waals surface area contributed by atoms with Crippen LogP contribution in [0.5, 0.6) is 0 Å². The van der Waals surface area contributed by atoms with Crippen molar-refractivity contribution in [2.75, 3.05) is 6.54 Å². The number of rotatable bonds is 0. The summed E-state index contributed by atoms with van der Waals surface area (Å²) in [6.07, 6.45) is 0.975. The summed E-state index contributed by atoms with van der Waals surface area (Å²) in [6, 6.07) is 0. The van der Waals surface area contributed by atoms with Gasteiger partial charge in [-0.2, -0.15) is 0 Å². The van der Waals surface area contributed by atoms with Gasteiger partial charge in [-0.15, -0.1) is 5.10 Å². The molecule has 0 saturated carbocycles. The largest absolute Gasteiger partial charge is 0.262 e. The van der Waals surface area contributed by atoms with Crippen molar-refractivity contribution in [1.82, 2.24) is 20.7 Å². The highest BCUT2D eigenvalue weighted by Gasteiger charge is 2.11. The van der Waals surface area contributed by atoms with E-state index in [0.717, 1.165) is 30.9 Å². The standard InChI is InChI=1S/C5H7N4/c1-2-6-3-5-4(1)7-9-8-5/h1-3H2,(H,7,8,9). The van der Waals surface area contributed by atoms with Crippen molar-refractivity contribution in [3.63, 3.8) is 0 Å². The molecule has 0 aliphatic carbocycles. The van der Waals surface area contributed by atoms with Crippen LogP contribution in [-0.2, 0) is 13.0 Å². The fraction of sp³-hybridized carbons (Fsp3) is 0.600. The SMILES string of the molecule is C1Cc2[nH]nnc2C[N]1. The second kappa shape index (κ2) is 1.80. The molecule has 1 aliphatic heterocycles. The molecular weight excluding hydrogens is 116 g/mol. The van der Waals surface area contributed by atoms with E-state index in [2.05, 4.69) is 20.7 Å². The molecule has 0 bridgehead atoms. The first kappa shape index (κ1) is 4.93. The molecule has 0 unspecified atom stereocenters. The van der Waals surface area contributed by atoms with E-state index in [1.807, 2.05) is 0 Å². The van der Waals surface area contributed by atoms with Gasteiger partial charge in [0.2, 0.25) is 0 Å². The number of nitrogens with one attached hydrogen (secondary N) is 1. The number of hydrogen-bond donors (Lipinski definition) is 1. The van der Waals surface area contributed by atoms with E-state index in [4.69, 9.17) is 0 Å². The van der Waals surface area contributed by atoms with Crippen LogP contribution >= 0.6 is 0 Å². The maximum absolute atomic E-state index is 4.17. The van der Waals surface area contributed by atoms with E-state index in [9.17, 15) is 0 Å². The molecule has 4 nitrogen and oxygen atoms in total. The highest BCUT2D eigenvalue weighted by atomic mass is 15.3. The van der Waals surface area contributed by atoms with Gasteiger partial charge < -0.3 is 0 Å². The number of aromatic amines is 1. The first-order valence-electron chi connectivity index (χ1n) is 2.99. The minimum absolute atomic E-state index is 0.742. The van der Waals surface area contributed by atoms with Crippen LogP contribution in [-0.4, -0.2) is 22.0 Å². The second-order valence-corrected chi connectivity index (χ2v) is 2.09. The first-order chi connectivity index (χ1) is 4.47. The molecule has 0 amide bonds. The Balaban J connectivity index is 2.39. The summed E-state index contributed by atoms with van der Waals surface area (Å²) >= 11 is 0. The zero-order valence-corrected chi connectivity index (χ0v) is 4.96. The lowest BCUT2D eigenvalue weighted by molar-refractivity contribution is 0.614. The van der Waals surface area contributed by atoms with Gasteiger partial charge in [0, 0.05) is 13.0 Å². The average molecular weight is 123 g/mol. The molecule has 0 fully saturated rings. The van der Waals surface area contributed by atoms with Crippen molar-refractivity contribution in [1.29, 1.82) is 0 Å². The maximum Gasteiger partial charge on any atom is 0.101 e. The Labute approximate surface area is 52.7 Å². The van der Waals surface area contributed by atoms with Gasteiger partial charge in [-0.05, 0) is 0 Å². The van der Waals surface area contributed by atoms with Gasteiger partial charge in [0.05, 0.1) is 12.2 Å². The van der Waals surface area contributed by atoms with Gasteiger partial charge >= 0.3 is 0 Å². The third kappa shape index (κ3) is 0.712. The van der Waals surface area contributed by atoms with Crippen molar-refractivity contribution in [3.8, 4) is 0 Å². The van der Waals surface area contributed by atoms with E-state index < -0.39 is 0 Å². The van der Waals surface area contributed by atoms with Crippen LogP contribution in [0.25, 0.3) is 0 Å². The highest BCUT2D eigenvalue weighted by Crippen LogP contribution is 2.05. The fourth-order valence-electron chi connectivity index (χ4n) is 0.974. The predicted octanol–water partition coefficient (Wildman–Crippen LogP) is -0.535. The molecule has 0 atom stereocenters. The van der Waals surface area contributed by atoms with E-state index in [0.29, 0.717) is 0 Å². The lowest BCUT2D eigenvalue weighted by Gasteiger charge is -2.06. The fourth-order valence-corrected chi connectivity index (χ4v) is 0.974. The van der Waals surface area contributed by atoms with Crippen molar-refractivity contribution in [2.24, 2.45) is 0 Å². The van der Waals surface area contributed by atoms with Gasteiger partial charge in [-0.25, -0.2) is 5.32 Å². The molecule has 0 spiro atoms. The maximum atomic E-state index is 4.17. The molecule has 2 heterocycles. The molecule has 1 N–H and O–H groups in total. The monoisotopic (exact) mass is 123 g/mol. The normalized spacial score (nSPS) is 17.3. The number of hydrogen-bond acceptors (Lipinski definition) is 2. The number of H-pyrrole nitrogens is 1. The molecule has 1 aromatic rings. The molecule has 2 rings (SSSR count). The highest BCUT2D eigenvalue weighted by molar-refractivity contribution is 5.10. The Morgan fingerprint density at radius 1 is 1.44 bits per heavy atom. The Hall–Kier alpha value is -0.900. The van der Waals surface area contributed by atoms with Crippen LogP contribution in [0.2, 0.25) is 0 Å². The Bertz CT molecular complexity index is 184. The zero-order chi connectivity index (χ0) is 6.10. The number of aromatic nitrogens is 3. The van der Waals surface area contributed by atoms with Crippen LogP contribution in [0.3, 0.4) is 0 Å². The second-order valence-electron chi connectivity index (χ2n) is 2.09. The van der Waals surface area contributed by atoms with Crippen LogP contribution in [0.1, 0.15) is 11.4 Å². The summed E-state index contributed by atoms with van der Waals surface area (Å²) < 4.78 is 0. The van der Waals surface area contributed by atoms with Gasteiger partial charge in [-0.3, -0.25) is 5.10 Å². The van der Waals surface area contributed by atoms with Gasteiger partial charge in [0.15, 0.2) is 0 Å². The van der Waals surface area contributed by atoms with Gasteiger partial charge in [0.1, 0.15) is 5.69 Å². The average Bonchev–Trinajstić information content (AvgIpc) is 2.33. The number of fused-ring (bicyclic) bond motifs is 1. The third-order valence-corrected chi connectivity index (χ3v) is 1.49. The van der Waals surface area contributed by atoms with Gasteiger partial charge in [0.25, 0.3) is 0 Å².